The van der Waals surface area contributed by atoms with Gasteiger partial charge in [0.05, 0.1) is 12.1 Å². The van der Waals surface area contributed by atoms with E-state index in [4.69, 9.17) is 4.74 Å². The lowest BCUT2D eigenvalue weighted by Crippen LogP contribution is -2.33. The molecule has 0 spiro atoms. The molecule has 0 unspecified atom stereocenters. The van der Waals surface area contributed by atoms with Crippen molar-refractivity contribution in [2.45, 2.75) is 20.4 Å². The third-order valence-electron chi connectivity index (χ3n) is 4.19. The Morgan fingerprint density at radius 1 is 1.31 bits per heavy atom. The summed E-state index contributed by atoms with van der Waals surface area (Å²) in [4.78, 5) is 30.4. The van der Waals surface area contributed by atoms with Crippen LogP contribution < -0.4 is 15.4 Å². The van der Waals surface area contributed by atoms with Crippen LogP contribution in [-0.2, 0) is 6.54 Å². The zero-order chi connectivity index (χ0) is 18.5. The first-order valence-corrected chi connectivity index (χ1v) is 8.59. The van der Waals surface area contributed by atoms with E-state index in [9.17, 15) is 9.59 Å². The number of aryl methyl sites for hydroxylation is 1. The molecule has 3 rings (SSSR count). The first-order valence-electron chi connectivity index (χ1n) is 8.59. The monoisotopic (exact) mass is 354 g/mol. The summed E-state index contributed by atoms with van der Waals surface area (Å²) in [5, 5.41) is 5.47. The van der Waals surface area contributed by atoms with Gasteiger partial charge in [-0.3, -0.25) is 9.78 Å². The highest BCUT2D eigenvalue weighted by molar-refractivity contribution is 5.95. The maximum Gasteiger partial charge on any atom is 0.319 e. The normalized spacial score (nSPS) is 13.2. The quantitative estimate of drug-likeness (QED) is 0.887. The minimum Gasteiger partial charge on any atom is -0.491 e. The fourth-order valence-corrected chi connectivity index (χ4v) is 2.84. The van der Waals surface area contributed by atoms with E-state index in [1.165, 1.54) is 0 Å². The first-order chi connectivity index (χ1) is 12.6. The van der Waals surface area contributed by atoms with Crippen molar-refractivity contribution in [3.05, 3.63) is 53.3 Å². The molecule has 0 saturated heterocycles. The van der Waals surface area contributed by atoms with Crippen molar-refractivity contribution in [3.63, 3.8) is 0 Å². The third-order valence-corrected chi connectivity index (χ3v) is 4.19. The van der Waals surface area contributed by atoms with Crippen molar-refractivity contribution in [3.8, 4) is 5.75 Å². The molecule has 0 fully saturated rings. The van der Waals surface area contributed by atoms with E-state index in [1.54, 1.807) is 23.4 Å². The topological polar surface area (TPSA) is 83.6 Å². The predicted molar refractivity (Wildman–Crippen MR) is 98.3 cm³/mol. The lowest BCUT2D eigenvalue weighted by Gasteiger charge is -2.20. The van der Waals surface area contributed by atoms with Crippen molar-refractivity contribution in [2.75, 3.05) is 25.0 Å². The van der Waals surface area contributed by atoms with Crippen LogP contribution in [0.5, 0.6) is 5.75 Å². The first kappa shape index (κ1) is 17.7. The maximum atomic E-state index is 12.9. The number of nitrogens with one attached hydrogen (secondary N) is 2. The molecular formula is C19H22N4O3. The second kappa shape index (κ2) is 7.86. The SMILES string of the molecule is CCNC(=O)Nc1ccc2c(c1)CN(C(=O)c1cnccc1C)CCO2. The second-order valence-electron chi connectivity index (χ2n) is 6.07. The Morgan fingerprint density at radius 3 is 2.92 bits per heavy atom. The largest absolute Gasteiger partial charge is 0.491 e. The number of nitrogens with zero attached hydrogens (tertiary/aromatic N) is 2. The molecular weight excluding hydrogens is 332 g/mol. The van der Waals surface area contributed by atoms with Gasteiger partial charge in [0.15, 0.2) is 0 Å². The summed E-state index contributed by atoms with van der Waals surface area (Å²) in [5.41, 5.74) is 2.99. The minimum absolute atomic E-state index is 0.0749. The van der Waals surface area contributed by atoms with Crippen LogP contribution in [0, 0.1) is 6.92 Å². The molecule has 0 aliphatic carbocycles. The van der Waals surface area contributed by atoms with Crippen LogP contribution in [0.1, 0.15) is 28.4 Å². The molecule has 0 bridgehead atoms. The Morgan fingerprint density at radius 2 is 2.15 bits per heavy atom. The summed E-state index contributed by atoms with van der Waals surface area (Å²) in [5.74, 6) is 0.652. The predicted octanol–water partition coefficient (Wildman–Crippen LogP) is 2.57. The van der Waals surface area contributed by atoms with Gasteiger partial charge in [0.1, 0.15) is 12.4 Å². The number of fused-ring (bicyclic) bond motifs is 1. The summed E-state index contributed by atoms with van der Waals surface area (Å²) in [6.45, 7) is 5.61. The highest BCUT2D eigenvalue weighted by Gasteiger charge is 2.22. The van der Waals surface area contributed by atoms with Gasteiger partial charge in [0.2, 0.25) is 0 Å². The van der Waals surface area contributed by atoms with Gasteiger partial charge in [-0.1, -0.05) is 0 Å². The van der Waals surface area contributed by atoms with Gasteiger partial charge in [-0.2, -0.15) is 0 Å². The van der Waals surface area contributed by atoms with Crippen molar-refractivity contribution >= 4 is 17.6 Å². The Bertz CT molecular complexity index is 822. The van der Waals surface area contributed by atoms with Gasteiger partial charge in [-0.25, -0.2) is 4.79 Å². The number of hydrogen-bond donors (Lipinski definition) is 2. The molecule has 1 aromatic heterocycles. The van der Waals surface area contributed by atoms with E-state index in [2.05, 4.69) is 15.6 Å². The molecule has 2 heterocycles. The molecule has 0 radical (unpaired) electrons. The summed E-state index contributed by atoms with van der Waals surface area (Å²) in [7, 11) is 0. The van der Waals surface area contributed by atoms with Crippen molar-refractivity contribution < 1.29 is 14.3 Å². The summed E-state index contributed by atoms with van der Waals surface area (Å²) in [6.07, 6.45) is 3.27. The summed E-state index contributed by atoms with van der Waals surface area (Å²) >= 11 is 0. The van der Waals surface area contributed by atoms with Gasteiger partial charge < -0.3 is 20.3 Å². The molecule has 7 nitrogen and oxygen atoms in total. The summed E-state index contributed by atoms with van der Waals surface area (Å²) in [6, 6.07) is 7.01. The molecule has 1 aromatic carbocycles. The van der Waals surface area contributed by atoms with E-state index >= 15 is 0 Å². The number of aromatic nitrogens is 1. The smallest absolute Gasteiger partial charge is 0.319 e. The van der Waals surface area contributed by atoms with Gasteiger partial charge in [-0.05, 0) is 43.7 Å². The van der Waals surface area contributed by atoms with Crippen molar-refractivity contribution in [2.24, 2.45) is 0 Å². The van der Waals surface area contributed by atoms with Crippen LogP contribution in [0.15, 0.2) is 36.7 Å². The molecule has 2 aromatic rings. The highest BCUT2D eigenvalue weighted by Crippen LogP contribution is 2.27. The molecule has 1 aliphatic rings. The average molecular weight is 354 g/mol. The third kappa shape index (κ3) is 3.93. The molecule has 3 amide bonds. The van der Waals surface area contributed by atoms with E-state index in [-0.39, 0.29) is 11.9 Å². The fourth-order valence-electron chi connectivity index (χ4n) is 2.84. The molecule has 7 heteroatoms. The van der Waals surface area contributed by atoms with Crippen LogP contribution in [-0.4, -0.2) is 41.5 Å². The molecule has 0 atom stereocenters. The van der Waals surface area contributed by atoms with Crippen LogP contribution in [0.2, 0.25) is 0 Å². The van der Waals surface area contributed by atoms with Crippen LogP contribution >= 0.6 is 0 Å². The maximum absolute atomic E-state index is 12.9. The van der Waals surface area contributed by atoms with Gasteiger partial charge in [0, 0.05) is 36.7 Å². The lowest BCUT2D eigenvalue weighted by molar-refractivity contribution is 0.0732. The number of carbonyl (C=O) groups is 2. The molecule has 2 N–H and O–H groups in total. The number of urea groups is 1. The Hall–Kier alpha value is -3.09. The van der Waals surface area contributed by atoms with Gasteiger partial charge in [-0.15, -0.1) is 0 Å². The Kier molecular flexibility index (Phi) is 5.36. The van der Waals surface area contributed by atoms with E-state index in [1.807, 2.05) is 32.0 Å². The van der Waals surface area contributed by atoms with Crippen LogP contribution in [0.25, 0.3) is 0 Å². The molecule has 1 aliphatic heterocycles. The number of rotatable bonds is 3. The number of amides is 3. The van der Waals surface area contributed by atoms with Crippen LogP contribution in [0.3, 0.4) is 0 Å². The number of anilines is 1. The van der Waals surface area contributed by atoms with Crippen molar-refractivity contribution in [1.29, 1.82) is 0 Å². The Balaban J connectivity index is 1.81. The standard InChI is InChI=1S/C19H22N4O3/c1-3-21-19(25)22-15-4-5-17-14(10-15)12-23(8-9-26-17)18(24)16-11-20-7-6-13(16)2/h4-7,10-11H,3,8-9,12H2,1-2H3,(H2,21,22,25). The number of ether oxygens (including phenoxy) is 1. The number of benzene rings is 1. The molecule has 0 saturated carbocycles. The fraction of sp³-hybridized carbons (Fsp3) is 0.316. The lowest BCUT2D eigenvalue weighted by atomic mass is 10.1. The number of pyridine rings is 1. The van der Waals surface area contributed by atoms with E-state index in [0.29, 0.717) is 37.5 Å². The minimum atomic E-state index is -0.263. The average Bonchev–Trinajstić information content (AvgIpc) is 2.83. The van der Waals surface area contributed by atoms with Gasteiger partial charge >= 0.3 is 6.03 Å². The van der Waals surface area contributed by atoms with E-state index in [0.717, 1.165) is 16.9 Å². The Labute approximate surface area is 152 Å². The van der Waals surface area contributed by atoms with E-state index < -0.39 is 0 Å². The second-order valence-corrected chi connectivity index (χ2v) is 6.07. The summed E-state index contributed by atoms with van der Waals surface area (Å²) < 4.78 is 5.76. The number of hydrogen-bond acceptors (Lipinski definition) is 4. The van der Waals surface area contributed by atoms with Gasteiger partial charge in [0.25, 0.3) is 5.91 Å². The highest BCUT2D eigenvalue weighted by atomic mass is 16.5. The number of carbonyl (C=O) groups excluding carboxylic acids is 2. The molecule has 136 valence electrons. The molecule has 26 heavy (non-hydrogen) atoms. The van der Waals surface area contributed by atoms with Crippen LogP contribution in [0.4, 0.5) is 10.5 Å². The zero-order valence-corrected chi connectivity index (χ0v) is 14.9. The van der Waals surface area contributed by atoms with Crippen molar-refractivity contribution in [1.82, 2.24) is 15.2 Å². The zero-order valence-electron chi connectivity index (χ0n) is 14.9.